The van der Waals surface area contributed by atoms with Crippen molar-refractivity contribution >= 4 is 23.0 Å². The molecule has 0 aliphatic carbocycles. The molecule has 38 heavy (non-hydrogen) atoms. The van der Waals surface area contributed by atoms with Gasteiger partial charge in [0.15, 0.2) is 0 Å². The van der Waals surface area contributed by atoms with E-state index in [0.29, 0.717) is 30.1 Å². The Kier molecular flexibility index (Phi) is 5.83. The minimum absolute atomic E-state index is 0.182. The second kappa shape index (κ2) is 8.98. The van der Waals surface area contributed by atoms with Crippen molar-refractivity contribution in [2.45, 2.75) is 39.0 Å². The van der Waals surface area contributed by atoms with Crippen LogP contribution in [0.4, 0.5) is 24.5 Å². The van der Waals surface area contributed by atoms with Gasteiger partial charge in [-0.15, -0.1) is 0 Å². The number of carbonyl (C=O) groups is 1. The van der Waals surface area contributed by atoms with Crippen LogP contribution >= 0.6 is 0 Å². The lowest BCUT2D eigenvalue weighted by Crippen LogP contribution is -2.66. The molecule has 3 aromatic carbocycles. The van der Waals surface area contributed by atoms with Gasteiger partial charge in [0.05, 0.1) is 23.0 Å². The van der Waals surface area contributed by atoms with Crippen molar-refractivity contribution in [2.24, 2.45) is 10.5 Å². The molecule has 8 heteroatoms. The highest BCUT2D eigenvalue weighted by Gasteiger charge is 2.60. The largest absolute Gasteiger partial charge is 0.416 e. The van der Waals surface area contributed by atoms with E-state index in [1.54, 1.807) is 6.07 Å². The third kappa shape index (κ3) is 3.98. The van der Waals surface area contributed by atoms with Crippen molar-refractivity contribution in [1.29, 1.82) is 0 Å². The minimum atomic E-state index is -4.45. The molecule has 1 saturated heterocycles. The van der Waals surface area contributed by atoms with Gasteiger partial charge < -0.3 is 4.90 Å². The molecular weight excluding hydrogens is 489 g/mol. The van der Waals surface area contributed by atoms with Crippen LogP contribution in [0.15, 0.2) is 77.9 Å². The molecule has 6 rings (SSSR count). The number of rotatable bonds is 3. The molecule has 3 aliphatic heterocycles. The molecule has 0 unspecified atom stereocenters. The summed E-state index contributed by atoms with van der Waals surface area (Å²) in [7, 11) is 0. The lowest BCUT2D eigenvalue weighted by molar-refractivity contribution is -0.137. The van der Waals surface area contributed by atoms with Crippen LogP contribution < -0.4 is 9.91 Å². The van der Waals surface area contributed by atoms with Gasteiger partial charge in [-0.3, -0.25) is 9.69 Å². The fourth-order valence-electron chi connectivity index (χ4n) is 6.21. The molecule has 1 spiro atoms. The van der Waals surface area contributed by atoms with Gasteiger partial charge in [0.1, 0.15) is 5.41 Å². The van der Waals surface area contributed by atoms with Gasteiger partial charge in [-0.1, -0.05) is 48.0 Å². The highest BCUT2D eigenvalue weighted by atomic mass is 19.4. The van der Waals surface area contributed by atoms with Gasteiger partial charge in [-0.25, -0.2) is 0 Å². The third-order valence-corrected chi connectivity index (χ3v) is 8.22. The Hall–Kier alpha value is -3.65. The molecule has 3 aliphatic rings. The molecule has 0 N–H and O–H groups in total. The maximum absolute atomic E-state index is 14.3. The Labute approximate surface area is 220 Å². The Bertz CT molecular complexity index is 1400. The van der Waals surface area contributed by atoms with E-state index < -0.39 is 17.2 Å². The first-order valence-electron chi connectivity index (χ1n) is 12.9. The van der Waals surface area contributed by atoms with Gasteiger partial charge >= 0.3 is 6.18 Å². The Balaban J connectivity index is 1.43. The van der Waals surface area contributed by atoms with E-state index in [9.17, 15) is 18.0 Å². The van der Waals surface area contributed by atoms with E-state index in [1.807, 2.05) is 56.3 Å². The highest BCUT2D eigenvalue weighted by molar-refractivity contribution is 6.20. The SMILES string of the molecule is CC1=NN(c2ccc(C)cc2)C(=O)[C@]12Cc1cc(C(F)(F)F)ccc1N1CCN(Cc3ccccc3)C[C@H]12. The first-order chi connectivity index (χ1) is 18.2. The van der Waals surface area contributed by atoms with Crippen LogP contribution in [0.5, 0.6) is 0 Å². The Morgan fingerprint density at radius 2 is 1.71 bits per heavy atom. The number of hydrogen-bond acceptors (Lipinski definition) is 4. The summed E-state index contributed by atoms with van der Waals surface area (Å²) < 4.78 is 41.0. The summed E-state index contributed by atoms with van der Waals surface area (Å²) in [6, 6.07) is 21.5. The van der Waals surface area contributed by atoms with Crippen LogP contribution in [0.25, 0.3) is 0 Å². The zero-order valence-electron chi connectivity index (χ0n) is 21.4. The van der Waals surface area contributed by atoms with Crippen molar-refractivity contribution in [3.8, 4) is 0 Å². The first-order valence-corrected chi connectivity index (χ1v) is 12.9. The van der Waals surface area contributed by atoms with E-state index in [0.717, 1.165) is 30.4 Å². The summed E-state index contributed by atoms with van der Waals surface area (Å²) in [6.07, 6.45) is -4.27. The Morgan fingerprint density at radius 1 is 0.974 bits per heavy atom. The number of hydrazone groups is 1. The number of benzene rings is 3. The lowest BCUT2D eigenvalue weighted by atomic mass is 9.67. The summed E-state index contributed by atoms with van der Waals surface area (Å²) in [4.78, 5) is 18.8. The van der Waals surface area contributed by atoms with Crippen LogP contribution in [-0.2, 0) is 23.9 Å². The molecule has 5 nitrogen and oxygen atoms in total. The summed E-state index contributed by atoms with van der Waals surface area (Å²) in [6.45, 7) is 6.53. The normalized spacial score (nSPS) is 23.4. The number of amides is 1. The van der Waals surface area contributed by atoms with Crippen molar-refractivity contribution < 1.29 is 18.0 Å². The van der Waals surface area contributed by atoms with Crippen LogP contribution in [0.2, 0.25) is 0 Å². The second-order valence-electron chi connectivity index (χ2n) is 10.6. The minimum Gasteiger partial charge on any atom is -0.364 e. The van der Waals surface area contributed by atoms with Crippen LogP contribution in [0.1, 0.15) is 29.2 Å². The molecule has 0 radical (unpaired) electrons. The summed E-state index contributed by atoms with van der Waals surface area (Å²) in [5, 5.41) is 6.17. The van der Waals surface area contributed by atoms with Crippen LogP contribution in [0, 0.1) is 12.3 Å². The lowest BCUT2D eigenvalue weighted by Gasteiger charge is -2.53. The van der Waals surface area contributed by atoms with Crippen molar-refractivity contribution in [2.75, 3.05) is 29.5 Å². The molecule has 3 aromatic rings. The number of hydrogen-bond donors (Lipinski definition) is 0. The van der Waals surface area contributed by atoms with E-state index in [4.69, 9.17) is 5.10 Å². The monoisotopic (exact) mass is 518 g/mol. The smallest absolute Gasteiger partial charge is 0.364 e. The van der Waals surface area contributed by atoms with Gasteiger partial charge in [-0.05, 0) is 61.7 Å². The molecule has 0 bridgehead atoms. The average molecular weight is 519 g/mol. The molecule has 1 fully saturated rings. The Morgan fingerprint density at radius 3 is 2.42 bits per heavy atom. The average Bonchev–Trinajstić information content (AvgIpc) is 3.14. The second-order valence-corrected chi connectivity index (χ2v) is 10.6. The number of anilines is 2. The molecular formula is C30H29F3N4O. The molecule has 0 saturated carbocycles. The summed E-state index contributed by atoms with van der Waals surface area (Å²) in [5.74, 6) is -0.182. The number of carbonyl (C=O) groups excluding carboxylic acids is 1. The quantitative estimate of drug-likeness (QED) is 0.449. The van der Waals surface area contributed by atoms with Gasteiger partial charge in [0, 0.05) is 31.9 Å². The zero-order chi connectivity index (χ0) is 26.7. The van der Waals surface area contributed by atoms with Crippen molar-refractivity contribution in [3.63, 3.8) is 0 Å². The van der Waals surface area contributed by atoms with E-state index >= 15 is 0 Å². The number of halogens is 3. The van der Waals surface area contributed by atoms with E-state index in [1.165, 1.54) is 16.6 Å². The van der Waals surface area contributed by atoms with E-state index in [2.05, 4.69) is 21.9 Å². The first kappa shape index (κ1) is 24.7. The number of fused-ring (bicyclic) bond motifs is 4. The maximum Gasteiger partial charge on any atom is 0.416 e. The molecule has 0 aromatic heterocycles. The van der Waals surface area contributed by atoms with E-state index in [-0.39, 0.29) is 18.4 Å². The van der Waals surface area contributed by atoms with Crippen LogP contribution in [-0.4, -0.2) is 42.2 Å². The predicted octanol–water partition coefficient (Wildman–Crippen LogP) is 5.67. The highest BCUT2D eigenvalue weighted by Crippen LogP contribution is 2.49. The molecule has 196 valence electrons. The van der Waals surface area contributed by atoms with Crippen LogP contribution in [0.3, 0.4) is 0 Å². The molecule has 3 heterocycles. The fourth-order valence-corrected chi connectivity index (χ4v) is 6.21. The third-order valence-electron chi connectivity index (χ3n) is 8.22. The topological polar surface area (TPSA) is 39.2 Å². The van der Waals surface area contributed by atoms with Gasteiger partial charge in [0.2, 0.25) is 0 Å². The standard InChI is InChI=1S/C30H29F3N4O/c1-20-8-11-25(12-9-20)37-28(38)29(21(2)34-37)17-23-16-24(30(31,32)33)10-13-26(23)36-15-14-35(19-27(29)36)18-22-6-4-3-5-7-22/h3-13,16,27H,14-15,17-19H2,1-2H3/t27-,29+/m0/s1. The number of nitrogens with zero attached hydrogens (tertiary/aromatic N) is 4. The fraction of sp³-hybridized carbons (Fsp3) is 0.333. The van der Waals surface area contributed by atoms with Crippen molar-refractivity contribution in [3.05, 3.63) is 95.1 Å². The number of piperazine rings is 1. The van der Waals surface area contributed by atoms with Gasteiger partial charge in [0.25, 0.3) is 5.91 Å². The molecule has 2 atom stereocenters. The summed E-state index contributed by atoms with van der Waals surface area (Å²) in [5.41, 5.74) is 3.13. The summed E-state index contributed by atoms with van der Waals surface area (Å²) >= 11 is 0. The number of aryl methyl sites for hydroxylation is 1. The van der Waals surface area contributed by atoms with Crippen molar-refractivity contribution in [1.82, 2.24) is 4.90 Å². The molecule has 1 amide bonds. The zero-order valence-corrected chi connectivity index (χ0v) is 21.4. The van der Waals surface area contributed by atoms with Gasteiger partial charge in [-0.2, -0.15) is 23.3 Å². The maximum atomic E-state index is 14.3. The predicted molar refractivity (Wildman–Crippen MR) is 142 cm³/mol. The number of alkyl halides is 3.